The third-order valence-electron chi connectivity index (χ3n) is 4.57. The third kappa shape index (κ3) is 2.44. The van der Waals surface area contributed by atoms with Gasteiger partial charge < -0.3 is 9.64 Å². The number of methoxy groups -OCH3 is 1. The smallest absolute Gasteiger partial charge is 0.129 e. The molecule has 4 nitrogen and oxygen atoms in total. The van der Waals surface area contributed by atoms with E-state index in [1.807, 2.05) is 42.5 Å². The lowest BCUT2D eigenvalue weighted by molar-refractivity contribution is 0.407. The van der Waals surface area contributed by atoms with Gasteiger partial charge in [-0.2, -0.15) is 5.26 Å². The zero-order valence-electron chi connectivity index (χ0n) is 13.5. The van der Waals surface area contributed by atoms with Gasteiger partial charge in [-0.15, -0.1) is 0 Å². The minimum absolute atomic E-state index is 0.663. The van der Waals surface area contributed by atoms with Gasteiger partial charge in [0.15, 0.2) is 0 Å². The van der Waals surface area contributed by atoms with Crippen LogP contribution in [0.2, 0.25) is 0 Å². The second-order valence-electron chi connectivity index (χ2n) is 5.96. The third-order valence-corrected chi connectivity index (χ3v) is 4.57. The van der Waals surface area contributed by atoms with Crippen LogP contribution in [0.15, 0.2) is 48.5 Å². The Morgan fingerprint density at radius 3 is 2.92 bits per heavy atom. The second kappa shape index (κ2) is 5.86. The number of hydrogen-bond acceptors (Lipinski definition) is 4. The van der Waals surface area contributed by atoms with E-state index in [1.54, 1.807) is 7.11 Å². The van der Waals surface area contributed by atoms with E-state index in [2.05, 4.69) is 17.0 Å². The Balaban J connectivity index is 1.67. The van der Waals surface area contributed by atoms with Gasteiger partial charge in [0.2, 0.25) is 0 Å². The number of anilines is 1. The first kappa shape index (κ1) is 14.5. The number of nitrogens with zero attached hydrogens (tertiary/aromatic N) is 3. The van der Waals surface area contributed by atoms with Crippen LogP contribution >= 0.6 is 0 Å². The molecular weight excluding hydrogens is 298 g/mol. The van der Waals surface area contributed by atoms with Crippen molar-refractivity contribution in [1.29, 1.82) is 5.26 Å². The number of pyridine rings is 1. The van der Waals surface area contributed by atoms with Crippen LogP contribution in [-0.2, 0) is 13.0 Å². The fraction of sp³-hybridized carbons (Fsp3) is 0.200. The molecule has 0 atom stereocenters. The van der Waals surface area contributed by atoms with Gasteiger partial charge in [0, 0.05) is 24.0 Å². The maximum Gasteiger partial charge on any atom is 0.129 e. The van der Waals surface area contributed by atoms with E-state index in [9.17, 15) is 0 Å². The highest BCUT2D eigenvalue weighted by atomic mass is 16.5. The van der Waals surface area contributed by atoms with Crippen LogP contribution in [0, 0.1) is 11.3 Å². The summed E-state index contributed by atoms with van der Waals surface area (Å²) in [6, 6.07) is 18.1. The van der Waals surface area contributed by atoms with Gasteiger partial charge in [0.05, 0.1) is 24.3 Å². The Labute approximate surface area is 140 Å². The van der Waals surface area contributed by atoms with E-state index in [0.717, 1.165) is 42.0 Å². The highest BCUT2D eigenvalue weighted by Crippen LogP contribution is 2.30. The summed E-state index contributed by atoms with van der Waals surface area (Å²) in [5.74, 6) is 1.95. The highest BCUT2D eigenvalue weighted by Gasteiger charge is 2.20. The fourth-order valence-corrected chi connectivity index (χ4v) is 3.32. The van der Waals surface area contributed by atoms with E-state index in [-0.39, 0.29) is 0 Å². The zero-order valence-corrected chi connectivity index (χ0v) is 13.5. The summed E-state index contributed by atoms with van der Waals surface area (Å²) >= 11 is 0. The van der Waals surface area contributed by atoms with E-state index in [4.69, 9.17) is 15.0 Å². The molecule has 1 aliphatic heterocycles. The first-order valence-corrected chi connectivity index (χ1v) is 7.99. The monoisotopic (exact) mass is 315 g/mol. The van der Waals surface area contributed by atoms with E-state index >= 15 is 0 Å². The average molecular weight is 315 g/mol. The van der Waals surface area contributed by atoms with E-state index in [1.165, 1.54) is 11.1 Å². The van der Waals surface area contributed by atoms with Crippen LogP contribution in [0.4, 0.5) is 5.82 Å². The lowest BCUT2D eigenvalue weighted by atomic mass is 9.98. The SMILES string of the molecule is COc1cccc2c1CCN(c1ccc3cc(C#N)ccc3n1)C2. The van der Waals surface area contributed by atoms with Gasteiger partial charge in [-0.05, 0) is 48.4 Å². The fourth-order valence-electron chi connectivity index (χ4n) is 3.32. The molecule has 1 aliphatic rings. The predicted octanol–water partition coefficient (Wildman–Crippen LogP) is 3.68. The van der Waals surface area contributed by atoms with Crippen molar-refractivity contribution >= 4 is 16.7 Å². The van der Waals surface area contributed by atoms with Crippen molar-refractivity contribution in [3.63, 3.8) is 0 Å². The minimum Gasteiger partial charge on any atom is -0.496 e. The Kier molecular flexibility index (Phi) is 3.55. The molecule has 3 aromatic rings. The Bertz CT molecular complexity index is 959. The first-order valence-electron chi connectivity index (χ1n) is 7.99. The van der Waals surface area contributed by atoms with Crippen molar-refractivity contribution in [2.75, 3.05) is 18.6 Å². The molecule has 2 heterocycles. The van der Waals surface area contributed by atoms with Gasteiger partial charge in [-0.1, -0.05) is 12.1 Å². The maximum absolute atomic E-state index is 9.00. The molecule has 0 fully saturated rings. The van der Waals surface area contributed by atoms with Gasteiger partial charge in [0.25, 0.3) is 0 Å². The maximum atomic E-state index is 9.00. The zero-order chi connectivity index (χ0) is 16.5. The van der Waals surface area contributed by atoms with Crippen molar-refractivity contribution in [2.24, 2.45) is 0 Å². The number of benzene rings is 2. The Morgan fingerprint density at radius 1 is 1.17 bits per heavy atom. The van der Waals surface area contributed by atoms with Crippen LogP contribution in [0.1, 0.15) is 16.7 Å². The van der Waals surface area contributed by atoms with Crippen molar-refractivity contribution in [1.82, 2.24) is 4.98 Å². The minimum atomic E-state index is 0.663. The van der Waals surface area contributed by atoms with Gasteiger partial charge in [-0.3, -0.25) is 0 Å². The average Bonchev–Trinajstić information content (AvgIpc) is 2.66. The summed E-state index contributed by atoms with van der Waals surface area (Å²) < 4.78 is 5.47. The second-order valence-corrected chi connectivity index (χ2v) is 5.96. The standard InChI is InChI=1S/C20H17N3O/c1-24-19-4-2-3-16-13-23(10-9-17(16)19)20-8-6-15-11-14(12-21)5-7-18(15)22-20/h2-8,11H,9-10,13H2,1H3. The molecule has 0 spiro atoms. The number of nitriles is 1. The van der Waals surface area contributed by atoms with E-state index < -0.39 is 0 Å². The van der Waals surface area contributed by atoms with Crippen molar-refractivity contribution in [2.45, 2.75) is 13.0 Å². The van der Waals surface area contributed by atoms with Crippen LogP contribution in [0.5, 0.6) is 5.75 Å². The number of fused-ring (bicyclic) bond motifs is 2. The molecular formula is C20H17N3O. The van der Waals surface area contributed by atoms with Crippen molar-refractivity contribution in [3.8, 4) is 11.8 Å². The quantitative estimate of drug-likeness (QED) is 0.724. The Hall–Kier alpha value is -3.06. The van der Waals surface area contributed by atoms with Gasteiger partial charge in [-0.25, -0.2) is 4.98 Å². The van der Waals surface area contributed by atoms with Gasteiger partial charge >= 0.3 is 0 Å². The summed E-state index contributed by atoms with van der Waals surface area (Å²) in [5, 5.41) is 10.00. The molecule has 0 radical (unpaired) electrons. The molecule has 0 bridgehead atoms. The molecule has 1 aromatic heterocycles. The molecule has 0 N–H and O–H groups in total. The lowest BCUT2D eigenvalue weighted by Crippen LogP contribution is -2.31. The van der Waals surface area contributed by atoms with E-state index in [0.29, 0.717) is 5.56 Å². The van der Waals surface area contributed by atoms with Crippen molar-refractivity contribution < 1.29 is 4.74 Å². The van der Waals surface area contributed by atoms with Crippen LogP contribution in [-0.4, -0.2) is 18.6 Å². The molecule has 2 aromatic carbocycles. The Morgan fingerprint density at radius 2 is 2.08 bits per heavy atom. The molecule has 24 heavy (non-hydrogen) atoms. The van der Waals surface area contributed by atoms with Gasteiger partial charge in [0.1, 0.15) is 11.6 Å². The lowest BCUT2D eigenvalue weighted by Gasteiger charge is -2.30. The van der Waals surface area contributed by atoms with Crippen LogP contribution in [0.3, 0.4) is 0 Å². The molecule has 0 unspecified atom stereocenters. The topological polar surface area (TPSA) is 49.1 Å². The number of ether oxygens (including phenoxy) is 1. The summed E-state index contributed by atoms with van der Waals surface area (Å²) in [7, 11) is 1.72. The van der Waals surface area contributed by atoms with Crippen LogP contribution in [0.25, 0.3) is 10.9 Å². The molecule has 0 saturated heterocycles. The molecule has 0 aliphatic carbocycles. The number of hydrogen-bond donors (Lipinski definition) is 0. The highest BCUT2D eigenvalue weighted by molar-refractivity contribution is 5.81. The molecule has 0 amide bonds. The largest absolute Gasteiger partial charge is 0.496 e. The predicted molar refractivity (Wildman–Crippen MR) is 94.2 cm³/mol. The molecule has 4 heteroatoms. The number of aromatic nitrogens is 1. The molecule has 4 rings (SSSR count). The van der Waals surface area contributed by atoms with Crippen LogP contribution < -0.4 is 9.64 Å². The molecule has 0 saturated carbocycles. The first-order chi connectivity index (χ1) is 11.8. The van der Waals surface area contributed by atoms with Crippen molar-refractivity contribution in [3.05, 3.63) is 65.2 Å². The normalized spacial score (nSPS) is 13.4. The number of rotatable bonds is 2. The summed E-state index contributed by atoms with van der Waals surface area (Å²) in [6.45, 7) is 1.75. The molecule has 118 valence electrons. The summed E-state index contributed by atoms with van der Waals surface area (Å²) in [6.07, 6.45) is 0.951. The summed E-state index contributed by atoms with van der Waals surface area (Å²) in [5.41, 5.74) is 4.18. The summed E-state index contributed by atoms with van der Waals surface area (Å²) in [4.78, 5) is 7.07.